The molecule has 4 nitrogen and oxygen atoms in total. The number of hydrogen-bond donors (Lipinski definition) is 0. The Bertz CT molecular complexity index is 588. The smallest absolute Gasteiger partial charge is 0.181 e. The molecule has 1 heterocycles. The van der Waals surface area contributed by atoms with Crippen molar-refractivity contribution in [3.8, 4) is 0 Å². The highest BCUT2D eigenvalue weighted by Gasteiger charge is 2.33. The van der Waals surface area contributed by atoms with Crippen LogP contribution in [0, 0.1) is 0 Å². The summed E-state index contributed by atoms with van der Waals surface area (Å²) in [6.45, 7) is 6.03. The lowest BCUT2D eigenvalue weighted by Gasteiger charge is -2.17. The molecule has 1 aromatic carbocycles. The fourth-order valence-electron chi connectivity index (χ4n) is 2.01. The maximum absolute atomic E-state index is 12.2. The predicted molar refractivity (Wildman–Crippen MR) is 77.2 cm³/mol. The van der Waals surface area contributed by atoms with Gasteiger partial charge in [0, 0.05) is 0 Å². The molecule has 0 bridgehead atoms. The van der Waals surface area contributed by atoms with Gasteiger partial charge in [0.2, 0.25) is 0 Å². The van der Waals surface area contributed by atoms with Gasteiger partial charge in [0.05, 0.1) is 17.3 Å². The topological polar surface area (TPSA) is 52.6 Å². The Morgan fingerprint density at radius 3 is 2.55 bits per heavy atom. The third-order valence-corrected chi connectivity index (χ3v) is 4.84. The molecule has 0 saturated carbocycles. The molecule has 110 valence electrons. The Hall–Kier alpha value is -1.17. The summed E-state index contributed by atoms with van der Waals surface area (Å²) in [6.07, 6.45) is 1.54. The molecule has 0 N–H and O–H groups in total. The predicted octanol–water partition coefficient (Wildman–Crippen LogP) is 2.56. The minimum atomic E-state index is -3.29. The lowest BCUT2D eigenvalue weighted by atomic mass is 10.2. The molecule has 2 rings (SSSR count). The van der Waals surface area contributed by atoms with Gasteiger partial charge in [0.15, 0.2) is 15.6 Å². The molecule has 1 atom stereocenters. The lowest BCUT2D eigenvalue weighted by molar-refractivity contribution is -0.134. The van der Waals surface area contributed by atoms with E-state index in [4.69, 9.17) is 9.47 Å². The molecular formula is C15H20O4S. The normalized spacial score (nSPS) is 22.9. The molecule has 0 radical (unpaired) electrons. The summed E-state index contributed by atoms with van der Waals surface area (Å²) in [5.41, 5.74) is 0.884. The summed E-state index contributed by atoms with van der Waals surface area (Å²) in [4.78, 5) is 0.341. The number of ether oxygens (including phenoxy) is 2. The molecular weight excluding hydrogens is 276 g/mol. The summed E-state index contributed by atoms with van der Waals surface area (Å²) in [7, 11) is -3.29. The average Bonchev–Trinajstić information content (AvgIpc) is 2.78. The minimum Gasteiger partial charge on any atom is -0.347 e. The summed E-state index contributed by atoms with van der Waals surface area (Å²) in [5, 5.41) is 0. The van der Waals surface area contributed by atoms with Crippen molar-refractivity contribution in [3.05, 3.63) is 42.0 Å². The second-order valence-electron chi connectivity index (χ2n) is 5.36. The summed E-state index contributed by atoms with van der Waals surface area (Å²) < 4.78 is 35.5. The zero-order valence-corrected chi connectivity index (χ0v) is 12.8. The van der Waals surface area contributed by atoms with E-state index in [0.717, 1.165) is 5.57 Å². The fourth-order valence-corrected chi connectivity index (χ4v) is 3.25. The number of benzene rings is 1. The van der Waals surface area contributed by atoms with Crippen molar-refractivity contribution in [2.24, 2.45) is 0 Å². The van der Waals surface area contributed by atoms with E-state index in [-0.39, 0.29) is 11.9 Å². The highest BCUT2D eigenvalue weighted by Crippen LogP contribution is 2.26. The molecule has 1 aromatic rings. The van der Waals surface area contributed by atoms with Gasteiger partial charge in [-0.05, 0) is 38.5 Å². The molecule has 1 fully saturated rings. The van der Waals surface area contributed by atoms with Crippen LogP contribution in [0.3, 0.4) is 0 Å². The maximum atomic E-state index is 12.2. The fraction of sp³-hybridized carbons (Fsp3) is 0.467. The van der Waals surface area contributed by atoms with Gasteiger partial charge >= 0.3 is 0 Å². The van der Waals surface area contributed by atoms with Crippen molar-refractivity contribution < 1.29 is 17.9 Å². The summed E-state index contributed by atoms with van der Waals surface area (Å²) >= 11 is 0. The molecule has 1 aliphatic heterocycles. The van der Waals surface area contributed by atoms with Crippen LogP contribution >= 0.6 is 0 Å². The monoisotopic (exact) mass is 296 g/mol. The van der Waals surface area contributed by atoms with E-state index < -0.39 is 15.6 Å². The van der Waals surface area contributed by atoms with E-state index in [2.05, 4.69) is 0 Å². The molecule has 1 saturated heterocycles. The first-order chi connectivity index (χ1) is 9.30. The molecule has 1 unspecified atom stereocenters. The average molecular weight is 296 g/mol. The number of hydrogen-bond acceptors (Lipinski definition) is 4. The van der Waals surface area contributed by atoms with Crippen LogP contribution in [0.5, 0.6) is 0 Å². The first-order valence-electron chi connectivity index (χ1n) is 6.56. The molecule has 20 heavy (non-hydrogen) atoms. The zero-order valence-electron chi connectivity index (χ0n) is 12.0. The Kier molecular flexibility index (Phi) is 4.32. The first-order valence-corrected chi connectivity index (χ1v) is 8.22. The Balaban J connectivity index is 2.06. The van der Waals surface area contributed by atoms with Crippen LogP contribution in [0.2, 0.25) is 0 Å². The maximum Gasteiger partial charge on any atom is 0.181 e. The number of rotatable bonds is 4. The van der Waals surface area contributed by atoms with E-state index in [1.165, 1.54) is 0 Å². The Labute approximate surface area is 120 Å². The van der Waals surface area contributed by atoms with Crippen LogP contribution in [-0.4, -0.2) is 32.7 Å². The van der Waals surface area contributed by atoms with Crippen LogP contribution < -0.4 is 0 Å². The quantitative estimate of drug-likeness (QED) is 0.801. The van der Waals surface area contributed by atoms with Crippen molar-refractivity contribution in [1.29, 1.82) is 0 Å². The van der Waals surface area contributed by atoms with Crippen molar-refractivity contribution in [2.75, 3.05) is 12.4 Å². The minimum absolute atomic E-state index is 0.0247. The second kappa shape index (κ2) is 5.68. The first kappa shape index (κ1) is 15.2. The van der Waals surface area contributed by atoms with Crippen molar-refractivity contribution in [1.82, 2.24) is 0 Å². The SMILES string of the molecule is C/C(=C\CS(=O)(=O)c1ccccc1)C1COC(C)(C)O1. The standard InChI is InChI=1S/C15H20O4S/c1-12(14-11-18-15(2,3)19-14)9-10-20(16,17)13-7-5-4-6-8-13/h4-9,14H,10-11H2,1-3H3/b12-9+. The van der Waals surface area contributed by atoms with Gasteiger partial charge in [-0.15, -0.1) is 0 Å². The van der Waals surface area contributed by atoms with E-state index in [0.29, 0.717) is 11.5 Å². The van der Waals surface area contributed by atoms with E-state index in [9.17, 15) is 8.42 Å². The van der Waals surface area contributed by atoms with E-state index in [1.54, 1.807) is 36.4 Å². The molecule has 1 aliphatic rings. The third-order valence-electron chi connectivity index (χ3n) is 3.24. The highest BCUT2D eigenvalue weighted by atomic mass is 32.2. The van der Waals surface area contributed by atoms with Crippen LogP contribution in [0.1, 0.15) is 20.8 Å². The zero-order chi connectivity index (χ0) is 14.8. The third kappa shape index (κ3) is 3.69. The van der Waals surface area contributed by atoms with Gasteiger partial charge in [0.1, 0.15) is 6.10 Å². The number of sulfone groups is 1. The van der Waals surface area contributed by atoms with E-state index in [1.807, 2.05) is 20.8 Å². The lowest BCUT2D eigenvalue weighted by Crippen LogP contribution is -2.22. The van der Waals surface area contributed by atoms with E-state index >= 15 is 0 Å². The van der Waals surface area contributed by atoms with Crippen LogP contribution in [0.4, 0.5) is 0 Å². The Morgan fingerprint density at radius 2 is 2.00 bits per heavy atom. The van der Waals surface area contributed by atoms with Gasteiger partial charge in [-0.2, -0.15) is 0 Å². The van der Waals surface area contributed by atoms with Crippen LogP contribution in [0.15, 0.2) is 46.9 Å². The molecule has 5 heteroatoms. The van der Waals surface area contributed by atoms with Gasteiger partial charge in [0.25, 0.3) is 0 Å². The van der Waals surface area contributed by atoms with Gasteiger partial charge in [-0.25, -0.2) is 8.42 Å². The van der Waals surface area contributed by atoms with Gasteiger partial charge < -0.3 is 9.47 Å². The summed E-state index contributed by atoms with van der Waals surface area (Å²) in [6, 6.07) is 8.46. The second-order valence-corrected chi connectivity index (χ2v) is 7.39. The summed E-state index contributed by atoms with van der Waals surface area (Å²) in [5.74, 6) is -0.624. The van der Waals surface area contributed by atoms with Gasteiger partial charge in [-0.1, -0.05) is 24.3 Å². The molecule has 0 spiro atoms. The van der Waals surface area contributed by atoms with Crippen molar-refractivity contribution in [3.63, 3.8) is 0 Å². The highest BCUT2D eigenvalue weighted by molar-refractivity contribution is 7.91. The van der Waals surface area contributed by atoms with Crippen LogP contribution in [0.25, 0.3) is 0 Å². The largest absolute Gasteiger partial charge is 0.347 e. The van der Waals surface area contributed by atoms with Crippen LogP contribution in [-0.2, 0) is 19.3 Å². The Morgan fingerprint density at radius 1 is 1.35 bits per heavy atom. The molecule has 0 aromatic heterocycles. The van der Waals surface area contributed by atoms with Crippen molar-refractivity contribution in [2.45, 2.75) is 37.6 Å². The van der Waals surface area contributed by atoms with Gasteiger partial charge in [-0.3, -0.25) is 0 Å². The van der Waals surface area contributed by atoms with Crippen molar-refractivity contribution >= 4 is 9.84 Å². The molecule has 0 aliphatic carbocycles. The molecule has 0 amide bonds.